The maximum Gasteiger partial charge on any atom is 0.240 e. The first-order valence-corrected chi connectivity index (χ1v) is 11.3. The molecule has 3 saturated heterocycles. The predicted octanol–water partition coefficient (Wildman–Crippen LogP) is 2.23. The van der Waals surface area contributed by atoms with E-state index in [1.165, 1.54) is 5.56 Å². The van der Waals surface area contributed by atoms with Crippen molar-refractivity contribution in [2.24, 2.45) is 0 Å². The standard InChI is InChI=1S/C23H31N5O2/c1-17-4-2-5-19-21(17)24-16-25-22(19)27-12-10-26(11-13-27)20-6-3-9-28(23(20)29)18-7-14-30-15-8-18/h2,4-5,16,18,20H,3,6-15H2,1H3/t20-/m1/s1. The minimum Gasteiger partial charge on any atom is -0.381 e. The zero-order valence-electron chi connectivity index (χ0n) is 17.8. The molecule has 7 heteroatoms. The Morgan fingerprint density at radius 3 is 2.60 bits per heavy atom. The summed E-state index contributed by atoms with van der Waals surface area (Å²) in [6.07, 6.45) is 5.71. The Morgan fingerprint density at radius 2 is 1.80 bits per heavy atom. The van der Waals surface area contributed by atoms with Crippen LogP contribution in [-0.4, -0.2) is 83.7 Å². The van der Waals surface area contributed by atoms with Gasteiger partial charge in [-0.1, -0.05) is 12.1 Å². The number of ether oxygens (including phenoxy) is 1. The number of carbonyl (C=O) groups excluding carboxylic acids is 1. The van der Waals surface area contributed by atoms with E-state index in [4.69, 9.17) is 4.74 Å². The summed E-state index contributed by atoms with van der Waals surface area (Å²) >= 11 is 0. The number of aryl methyl sites for hydroxylation is 1. The normalized spacial score (nSPS) is 24.6. The van der Waals surface area contributed by atoms with Crippen molar-refractivity contribution in [1.29, 1.82) is 0 Å². The van der Waals surface area contributed by atoms with Crippen molar-refractivity contribution in [3.05, 3.63) is 30.1 Å². The van der Waals surface area contributed by atoms with Gasteiger partial charge in [-0.05, 0) is 44.2 Å². The highest BCUT2D eigenvalue weighted by Crippen LogP contribution is 2.28. The molecule has 4 heterocycles. The lowest BCUT2D eigenvalue weighted by atomic mass is 9.97. The first-order chi connectivity index (χ1) is 14.7. The average molecular weight is 410 g/mol. The zero-order chi connectivity index (χ0) is 20.5. The molecule has 3 fully saturated rings. The van der Waals surface area contributed by atoms with E-state index in [1.54, 1.807) is 6.33 Å². The molecule has 3 aliphatic heterocycles. The van der Waals surface area contributed by atoms with Gasteiger partial charge >= 0.3 is 0 Å². The van der Waals surface area contributed by atoms with Crippen LogP contribution in [0.2, 0.25) is 0 Å². The van der Waals surface area contributed by atoms with E-state index in [0.717, 1.165) is 88.3 Å². The van der Waals surface area contributed by atoms with Crippen molar-refractivity contribution in [3.8, 4) is 0 Å². The monoisotopic (exact) mass is 409 g/mol. The Kier molecular flexibility index (Phi) is 5.56. The van der Waals surface area contributed by atoms with Crippen molar-refractivity contribution in [2.75, 3.05) is 50.8 Å². The van der Waals surface area contributed by atoms with E-state index in [-0.39, 0.29) is 6.04 Å². The minimum absolute atomic E-state index is 0.0353. The third-order valence-electron chi connectivity index (χ3n) is 6.98. The second-order valence-corrected chi connectivity index (χ2v) is 8.72. The Hall–Kier alpha value is -2.25. The van der Waals surface area contributed by atoms with Gasteiger partial charge in [-0.3, -0.25) is 9.69 Å². The smallest absolute Gasteiger partial charge is 0.240 e. The molecule has 1 aromatic heterocycles. The molecule has 0 radical (unpaired) electrons. The average Bonchev–Trinajstić information content (AvgIpc) is 2.80. The Bertz CT molecular complexity index is 906. The summed E-state index contributed by atoms with van der Waals surface area (Å²) in [7, 11) is 0. The van der Waals surface area contributed by atoms with E-state index in [2.05, 4.69) is 49.8 Å². The number of rotatable bonds is 3. The van der Waals surface area contributed by atoms with Crippen LogP contribution in [0.25, 0.3) is 10.9 Å². The maximum absolute atomic E-state index is 13.3. The molecule has 30 heavy (non-hydrogen) atoms. The van der Waals surface area contributed by atoms with Gasteiger partial charge in [0.05, 0.1) is 11.6 Å². The predicted molar refractivity (Wildman–Crippen MR) is 117 cm³/mol. The molecular weight excluding hydrogens is 378 g/mol. The fourth-order valence-corrected chi connectivity index (χ4v) is 5.30. The molecule has 1 aromatic carbocycles. The molecule has 1 atom stereocenters. The molecular formula is C23H31N5O2. The fourth-order valence-electron chi connectivity index (χ4n) is 5.30. The summed E-state index contributed by atoms with van der Waals surface area (Å²) in [4.78, 5) is 29.3. The molecule has 0 N–H and O–H groups in total. The third kappa shape index (κ3) is 3.65. The van der Waals surface area contributed by atoms with Crippen LogP contribution in [0.3, 0.4) is 0 Å². The molecule has 2 aromatic rings. The van der Waals surface area contributed by atoms with Crippen molar-refractivity contribution in [2.45, 2.75) is 44.7 Å². The zero-order valence-corrected chi connectivity index (χ0v) is 17.8. The van der Waals surface area contributed by atoms with Gasteiger partial charge in [0.15, 0.2) is 0 Å². The number of nitrogens with zero attached hydrogens (tertiary/aromatic N) is 5. The van der Waals surface area contributed by atoms with Crippen LogP contribution < -0.4 is 4.90 Å². The largest absolute Gasteiger partial charge is 0.381 e. The fraction of sp³-hybridized carbons (Fsp3) is 0.609. The Balaban J connectivity index is 1.27. The van der Waals surface area contributed by atoms with Crippen LogP contribution in [0.4, 0.5) is 5.82 Å². The van der Waals surface area contributed by atoms with Crippen LogP contribution in [0, 0.1) is 6.92 Å². The molecule has 0 saturated carbocycles. The minimum atomic E-state index is 0.0353. The number of amides is 1. The summed E-state index contributed by atoms with van der Waals surface area (Å²) in [5.41, 5.74) is 2.20. The van der Waals surface area contributed by atoms with Gasteiger partial charge in [0.1, 0.15) is 12.1 Å². The lowest BCUT2D eigenvalue weighted by Crippen LogP contribution is -2.59. The van der Waals surface area contributed by atoms with E-state index in [9.17, 15) is 4.79 Å². The van der Waals surface area contributed by atoms with Crippen molar-refractivity contribution in [1.82, 2.24) is 19.8 Å². The highest BCUT2D eigenvalue weighted by Gasteiger charge is 2.38. The summed E-state index contributed by atoms with van der Waals surface area (Å²) < 4.78 is 5.50. The SMILES string of the molecule is Cc1cccc2c(N3CCN([C@@H]4CCCN(C5CCOCC5)C4=O)CC3)ncnc12. The number of hydrogen-bond donors (Lipinski definition) is 0. The molecule has 0 aliphatic carbocycles. The summed E-state index contributed by atoms with van der Waals surface area (Å²) in [6.45, 7) is 8.14. The first kappa shape index (κ1) is 19.7. The molecule has 7 nitrogen and oxygen atoms in total. The van der Waals surface area contributed by atoms with Crippen LogP contribution in [0.15, 0.2) is 24.5 Å². The number of piperazine rings is 1. The van der Waals surface area contributed by atoms with Gasteiger partial charge in [0.25, 0.3) is 0 Å². The number of fused-ring (bicyclic) bond motifs is 1. The number of anilines is 1. The van der Waals surface area contributed by atoms with Gasteiger partial charge in [0, 0.05) is 57.4 Å². The molecule has 0 spiro atoms. The molecule has 0 bridgehead atoms. The first-order valence-electron chi connectivity index (χ1n) is 11.3. The lowest BCUT2D eigenvalue weighted by molar-refractivity contribution is -0.145. The summed E-state index contributed by atoms with van der Waals surface area (Å²) in [6, 6.07) is 6.68. The van der Waals surface area contributed by atoms with Crippen molar-refractivity contribution in [3.63, 3.8) is 0 Å². The van der Waals surface area contributed by atoms with Crippen molar-refractivity contribution >= 4 is 22.6 Å². The number of benzene rings is 1. The van der Waals surface area contributed by atoms with Crippen molar-refractivity contribution < 1.29 is 9.53 Å². The third-order valence-corrected chi connectivity index (χ3v) is 6.98. The number of hydrogen-bond acceptors (Lipinski definition) is 6. The van der Waals surface area contributed by atoms with E-state index < -0.39 is 0 Å². The van der Waals surface area contributed by atoms with Gasteiger partial charge < -0.3 is 14.5 Å². The molecule has 0 unspecified atom stereocenters. The Morgan fingerprint density at radius 1 is 1.00 bits per heavy atom. The van der Waals surface area contributed by atoms with E-state index in [0.29, 0.717) is 11.9 Å². The van der Waals surface area contributed by atoms with Gasteiger partial charge in [-0.25, -0.2) is 9.97 Å². The number of para-hydroxylation sites is 1. The topological polar surface area (TPSA) is 61.8 Å². The van der Waals surface area contributed by atoms with E-state index in [1.807, 2.05) is 0 Å². The highest BCUT2D eigenvalue weighted by atomic mass is 16.5. The summed E-state index contributed by atoms with van der Waals surface area (Å²) in [5, 5.41) is 1.12. The van der Waals surface area contributed by atoms with Crippen LogP contribution in [-0.2, 0) is 9.53 Å². The molecule has 160 valence electrons. The molecule has 3 aliphatic rings. The summed E-state index contributed by atoms with van der Waals surface area (Å²) in [5.74, 6) is 1.35. The second kappa shape index (κ2) is 8.47. The highest BCUT2D eigenvalue weighted by molar-refractivity contribution is 5.91. The maximum atomic E-state index is 13.3. The second-order valence-electron chi connectivity index (χ2n) is 8.72. The van der Waals surface area contributed by atoms with Gasteiger partial charge in [-0.2, -0.15) is 0 Å². The van der Waals surface area contributed by atoms with Gasteiger partial charge in [0.2, 0.25) is 5.91 Å². The lowest BCUT2D eigenvalue weighted by Gasteiger charge is -2.45. The van der Waals surface area contributed by atoms with Crippen LogP contribution in [0.1, 0.15) is 31.2 Å². The van der Waals surface area contributed by atoms with Crippen LogP contribution >= 0.6 is 0 Å². The number of carbonyl (C=O) groups is 1. The number of likely N-dealkylation sites (tertiary alicyclic amines) is 1. The van der Waals surface area contributed by atoms with E-state index >= 15 is 0 Å². The Labute approximate surface area is 178 Å². The number of piperidine rings is 1. The quantitative estimate of drug-likeness (QED) is 0.775. The molecule has 1 amide bonds. The van der Waals surface area contributed by atoms with Crippen LogP contribution in [0.5, 0.6) is 0 Å². The number of aromatic nitrogens is 2. The van der Waals surface area contributed by atoms with Gasteiger partial charge in [-0.15, -0.1) is 0 Å². The molecule has 5 rings (SSSR count).